The summed E-state index contributed by atoms with van der Waals surface area (Å²) in [7, 11) is 0. The van der Waals surface area contributed by atoms with E-state index in [4.69, 9.17) is 4.74 Å². The summed E-state index contributed by atoms with van der Waals surface area (Å²) in [5, 5.41) is 4.33. The van der Waals surface area contributed by atoms with Gasteiger partial charge in [-0.1, -0.05) is 67.8 Å². The monoisotopic (exact) mass is 338 g/mol. The standard InChI is InChI=1S/C21H26N2O2/c1-3-4-6-11-20(18-9-7-5-8-10-18)22-23-21(24)16-25-19-14-12-17(2)13-15-19/h5,7-10,12-15H,3-4,6,11,16H2,1-2H3,(H,23,24)/b22-20+. The quantitative estimate of drug-likeness (QED) is 0.416. The first-order valence-electron chi connectivity index (χ1n) is 8.79. The maximum atomic E-state index is 12.0. The van der Waals surface area contributed by atoms with E-state index in [-0.39, 0.29) is 12.5 Å². The zero-order valence-corrected chi connectivity index (χ0v) is 15.0. The summed E-state index contributed by atoms with van der Waals surface area (Å²) in [5.74, 6) is 0.417. The Morgan fingerprint density at radius 2 is 1.76 bits per heavy atom. The van der Waals surface area contributed by atoms with Crippen molar-refractivity contribution in [2.24, 2.45) is 5.10 Å². The molecule has 0 bridgehead atoms. The summed E-state index contributed by atoms with van der Waals surface area (Å²) >= 11 is 0. The Morgan fingerprint density at radius 1 is 1.04 bits per heavy atom. The molecule has 0 aliphatic carbocycles. The topological polar surface area (TPSA) is 50.7 Å². The maximum Gasteiger partial charge on any atom is 0.277 e. The first kappa shape index (κ1) is 18.7. The SMILES string of the molecule is CCCCC/C(=N\NC(=O)COc1ccc(C)cc1)c1ccccc1. The fourth-order valence-corrected chi connectivity index (χ4v) is 2.38. The van der Waals surface area contributed by atoms with Crippen molar-refractivity contribution in [1.29, 1.82) is 0 Å². The first-order chi connectivity index (χ1) is 12.2. The average Bonchev–Trinajstić information content (AvgIpc) is 2.65. The molecule has 1 amide bonds. The molecule has 0 atom stereocenters. The second-order valence-electron chi connectivity index (χ2n) is 6.02. The van der Waals surface area contributed by atoms with Crippen molar-refractivity contribution < 1.29 is 9.53 Å². The molecule has 25 heavy (non-hydrogen) atoms. The second kappa shape index (κ2) is 10.3. The third-order valence-electron chi connectivity index (χ3n) is 3.83. The van der Waals surface area contributed by atoms with Crippen LogP contribution < -0.4 is 10.2 Å². The minimum atomic E-state index is -0.260. The van der Waals surface area contributed by atoms with Crippen LogP contribution >= 0.6 is 0 Å². The molecule has 0 spiro atoms. The second-order valence-corrected chi connectivity index (χ2v) is 6.02. The number of rotatable bonds is 9. The molecule has 0 fully saturated rings. The number of aryl methyl sites for hydroxylation is 1. The van der Waals surface area contributed by atoms with Crippen LogP contribution in [0.25, 0.3) is 0 Å². The predicted octanol–water partition coefficient (Wildman–Crippen LogP) is 4.47. The number of unbranched alkanes of at least 4 members (excludes halogenated alkanes) is 2. The van der Waals surface area contributed by atoms with E-state index in [1.165, 1.54) is 0 Å². The van der Waals surface area contributed by atoms with E-state index < -0.39 is 0 Å². The van der Waals surface area contributed by atoms with Gasteiger partial charge in [-0.25, -0.2) is 5.43 Å². The lowest BCUT2D eigenvalue weighted by Gasteiger charge is -2.08. The largest absolute Gasteiger partial charge is 0.484 e. The van der Waals surface area contributed by atoms with Crippen LogP contribution in [0.1, 0.15) is 43.7 Å². The molecule has 0 unspecified atom stereocenters. The Hall–Kier alpha value is -2.62. The normalized spacial score (nSPS) is 11.2. The van der Waals surface area contributed by atoms with E-state index in [1.54, 1.807) is 0 Å². The molecule has 0 heterocycles. The van der Waals surface area contributed by atoms with Gasteiger partial charge in [0.2, 0.25) is 0 Å². The van der Waals surface area contributed by atoms with Crippen LogP contribution in [0, 0.1) is 6.92 Å². The number of carbonyl (C=O) groups is 1. The summed E-state index contributed by atoms with van der Waals surface area (Å²) in [4.78, 5) is 12.0. The maximum absolute atomic E-state index is 12.0. The Bertz CT molecular complexity index is 679. The van der Waals surface area contributed by atoms with Gasteiger partial charge in [0.25, 0.3) is 5.91 Å². The summed E-state index contributed by atoms with van der Waals surface area (Å²) < 4.78 is 5.48. The van der Waals surface area contributed by atoms with Crippen molar-refractivity contribution in [2.75, 3.05) is 6.61 Å². The molecule has 4 nitrogen and oxygen atoms in total. The van der Waals surface area contributed by atoms with Gasteiger partial charge in [-0.2, -0.15) is 5.10 Å². The summed E-state index contributed by atoms with van der Waals surface area (Å²) in [6.07, 6.45) is 4.20. The van der Waals surface area contributed by atoms with Crippen LogP contribution in [0.5, 0.6) is 5.75 Å². The molecule has 0 radical (unpaired) electrons. The predicted molar refractivity (Wildman–Crippen MR) is 102 cm³/mol. The van der Waals surface area contributed by atoms with E-state index in [0.29, 0.717) is 5.75 Å². The van der Waals surface area contributed by atoms with Crippen molar-refractivity contribution in [3.63, 3.8) is 0 Å². The Kier molecular flexibility index (Phi) is 7.70. The number of nitrogens with zero attached hydrogens (tertiary/aromatic N) is 1. The van der Waals surface area contributed by atoms with Crippen LogP contribution in [-0.2, 0) is 4.79 Å². The zero-order valence-electron chi connectivity index (χ0n) is 15.0. The third kappa shape index (κ3) is 6.79. The van der Waals surface area contributed by atoms with Gasteiger partial charge in [-0.3, -0.25) is 4.79 Å². The van der Waals surface area contributed by atoms with Gasteiger partial charge in [-0.05, 0) is 37.5 Å². The van der Waals surface area contributed by atoms with Crippen molar-refractivity contribution in [1.82, 2.24) is 5.43 Å². The molecule has 0 saturated carbocycles. The highest BCUT2D eigenvalue weighted by Gasteiger charge is 2.06. The lowest BCUT2D eigenvalue weighted by Crippen LogP contribution is -2.26. The molecule has 1 N–H and O–H groups in total. The molecular formula is C21H26N2O2. The summed E-state index contributed by atoms with van der Waals surface area (Å²) in [6.45, 7) is 4.13. The van der Waals surface area contributed by atoms with Gasteiger partial charge in [0.1, 0.15) is 5.75 Å². The Balaban J connectivity index is 1.91. The number of hydrazone groups is 1. The van der Waals surface area contributed by atoms with Crippen LogP contribution in [0.4, 0.5) is 0 Å². The highest BCUT2D eigenvalue weighted by molar-refractivity contribution is 6.01. The number of ether oxygens (including phenoxy) is 1. The van der Waals surface area contributed by atoms with Crippen LogP contribution in [0.2, 0.25) is 0 Å². The number of nitrogens with one attached hydrogen (secondary N) is 1. The van der Waals surface area contributed by atoms with Gasteiger partial charge in [-0.15, -0.1) is 0 Å². The van der Waals surface area contributed by atoms with E-state index in [1.807, 2.05) is 61.5 Å². The van der Waals surface area contributed by atoms with Gasteiger partial charge >= 0.3 is 0 Å². The Morgan fingerprint density at radius 3 is 2.44 bits per heavy atom. The van der Waals surface area contributed by atoms with Crippen molar-refractivity contribution >= 4 is 11.6 Å². The van der Waals surface area contributed by atoms with Gasteiger partial charge in [0.15, 0.2) is 6.61 Å². The molecule has 0 saturated heterocycles. The molecule has 2 rings (SSSR count). The molecule has 0 aliphatic heterocycles. The van der Waals surface area contributed by atoms with Crippen molar-refractivity contribution in [2.45, 2.75) is 39.5 Å². The smallest absolute Gasteiger partial charge is 0.277 e. The number of hydrogen-bond acceptors (Lipinski definition) is 3. The lowest BCUT2D eigenvalue weighted by atomic mass is 10.0. The summed E-state index contributed by atoms with van der Waals surface area (Å²) in [6, 6.07) is 17.6. The minimum Gasteiger partial charge on any atom is -0.484 e. The number of hydrogen-bond donors (Lipinski definition) is 1. The molecule has 2 aromatic rings. The highest BCUT2D eigenvalue weighted by Crippen LogP contribution is 2.11. The lowest BCUT2D eigenvalue weighted by molar-refractivity contribution is -0.123. The van der Waals surface area contributed by atoms with E-state index in [0.717, 1.165) is 42.5 Å². The van der Waals surface area contributed by atoms with E-state index in [2.05, 4.69) is 17.5 Å². The molecule has 132 valence electrons. The van der Waals surface area contributed by atoms with Crippen molar-refractivity contribution in [3.05, 3.63) is 65.7 Å². The number of benzene rings is 2. The fraction of sp³-hybridized carbons (Fsp3) is 0.333. The van der Waals surface area contributed by atoms with Crippen LogP contribution in [-0.4, -0.2) is 18.2 Å². The minimum absolute atomic E-state index is 0.0520. The molecule has 0 aliphatic rings. The molecule has 2 aromatic carbocycles. The zero-order chi connectivity index (χ0) is 17.9. The van der Waals surface area contributed by atoms with E-state index >= 15 is 0 Å². The molecule has 4 heteroatoms. The van der Waals surface area contributed by atoms with Crippen LogP contribution in [0.3, 0.4) is 0 Å². The highest BCUT2D eigenvalue weighted by atomic mass is 16.5. The first-order valence-corrected chi connectivity index (χ1v) is 8.79. The summed E-state index contributed by atoms with van der Waals surface area (Å²) in [5.41, 5.74) is 5.71. The fourth-order valence-electron chi connectivity index (χ4n) is 2.38. The van der Waals surface area contributed by atoms with Gasteiger partial charge in [0, 0.05) is 0 Å². The van der Waals surface area contributed by atoms with Gasteiger partial charge < -0.3 is 4.74 Å². The molecular weight excluding hydrogens is 312 g/mol. The Labute approximate surface area is 149 Å². The van der Waals surface area contributed by atoms with E-state index in [9.17, 15) is 4.79 Å². The third-order valence-corrected chi connectivity index (χ3v) is 3.83. The van der Waals surface area contributed by atoms with Crippen molar-refractivity contribution in [3.8, 4) is 5.75 Å². The van der Waals surface area contributed by atoms with Crippen LogP contribution in [0.15, 0.2) is 59.7 Å². The number of amides is 1. The molecule has 0 aromatic heterocycles. The van der Waals surface area contributed by atoms with Gasteiger partial charge in [0.05, 0.1) is 5.71 Å². The number of carbonyl (C=O) groups excluding carboxylic acids is 1. The average molecular weight is 338 g/mol.